The number of likely N-dealkylation sites (N-methyl/N-ethyl adjacent to an activating group) is 1. The highest BCUT2D eigenvalue weighted by molar-refractivity contribution is 4.81. The first kappa shape index (κ1) is 17.9. The minimum atomic E-state index is 0.476. The highest BCUT2D eigenvalue weighted by Gasteiger charge is 2.27. The van der Waals surface area contributed by atoms with Gasteiger partial charge in [0.25, 0.3) is 0 Å². The van der Waals surface area contributed by atoms with E-state index in [1.165, 1.54) is 32.1 Å². The van der Waals surface area contributed by atoms with Crippen molar-refractivity contribution in [3.8, 4) is 0 Å². The van der Waals surface area contributed by atoms with Gasteiger partial charge in [-0.3, -0.25) is 0 Å². The third kappa shape index (κ3) is 7.61. The van der Waals surface area contributed by atoms with Crippen LogP contribution in [-0.2, 0) is 4.74 Å². The van der Waals surface area contributed by atoms with Crippen LogP contribution in [0, 0.1) is 11.3 Å². The second-order valence-electron chi connectivity index (χ2n) is 7.64. The molecule has 0 bridgehead atoms. The zero-order valence-corrected chi connectivity index (χ0v) is 14.4. The van der Waals surface area contributed by atoms with Gasteiger partial charge < -0.3 is 15.0 Å². The van der Waals surface area contributed by atoms with E-state index in [4.69, 9.17) is 4.74 Å². The maximum absolute atomic E-state index is 5.64. The fourth-order valence-corrected chi connectivity index (χ4v) is 3.06. The number of nitrogens with zero attached hydrogens (tertiary/aromatic N) is 1. The number of hydrogen-bond donors (Lipinski definition) is 1. The van der Waals surface area contributed by atoms with Crippen molar-refractivity contribution in [3.05, 3.63) is 0 Å². The van der Waals surface area contributed by atoms with Crippen molar-refractivity contribution in [3.63, 3.8) is 0 Å². The predicted octanol–water partition coefficient (Wildman–Crippen LogP) is 3.15. The molecular formula is C17H36N2O. The van der Waals surface area contributed by atoms with Gasteiger partial charge in [0.2, 0.25) is 0 Å². The van der Waals surface area contributed by atoms with E-state index in [9.17, 15) is 0 Å². The molecule has 0 aromatic heterocycles. The topological polar surface area (TPSA) is 24.5 Å². The Balaban J connectivity index is 2.10. The molecule has 1 aliphatic carbocycles. The Morgan fingerprint density at radius 2 is 1.80 bits per heavy atom. The highest BCUT2D eigenvalue weighted by Crippen LogP contribution is 2.36. The van der Waals surface area contributed by atoms with Gasteiger partial charge in [-0.05, 0) is 51.1 Å². The summed E-state index contributed by atoms with van der Waals surface area (Å²) in [6.07, 6.45) is 6.83. The monoisotopic (exact) mass is 284 g/mol. The first-order chi connectivity index (χ1) is 9.39. The zero-order chi connectivity index (χ0) is 15.0. The average Bonchev–Trinajstić information content (AvgIpc) is 2.58. The molecule has 20 heavy (non-hydrogen) atoms. The second-order valence-corrected chi connectivity index (χ2v) is 7.64. The molecule has 0 saturated heterocycles. The van der Waals surface area contributed by atoms with Crippen LogP contribution in [0.1, 0.15) is 52.9 Å². The van der Waals surface area contributed by atoms with E-state index in [0.29, 0.717) is 11.5 Å². The normalized spacial score (nSPS) is 24.9. The quantitative estimate of drug-likeness (QED) is 0.574. The minimum Gasteiger partial charge on any atom is -0.379 e. The van der Waals surface area contributed by atoms with Gasteiger partial charge in [-0.2, -0.15) is 0 Å². The Hall–Kier alpha value is -0.120. The highest BCUT2D eigenvalue weighted by atomic mass is 16.5. The van der Waals surface area contributed by atoms with Crippen LogP contribution in [0.25, 0.3) is 0 Å². The lowest BCUT2D eigenvalue weighted by Crippen LogP contribution is -2.32. The maximum Gasteiger partial charge on any atom is 0.0593 e. The van der Waals surface area contributed by atoms with Crippen LogP contribution in [-0.4, -0.2) is 51.3 Å². The smallest absolute Gasteiger partial charge is 0.0593 e. The molecule has 2 unspecified atom stereocenters. The molecule has 0 aromatic rings. The van der Waals surface area contributed by atoms with Gasteiger partial charge in [0.15, 0.2) is 0 Å². The van der Waals surface area contributed by atoms with Crippen molar-refractivity contribution < 1.29 is 4.74 Å². The van der Waals surface area contributed by atoms with Crippen molar-refractivity contribution in [2.45, 2.75) is 58.9 Å². The number of hydrogen-bond acceptors (Lipinski definition) is 3. The molecule has 0 aliphatic heterocycles. The molecule has 1 saturated carbocycles. The summed E-state index contributed by atoms with van der Waals surface area (Å²) in [5.41, 5.74) is 0.476. The van der Waals surface area contributed by atoms with E-state index < -0.39 is 0 Å². The third-order valence-electron chi connectivity index (χ3n) is 4.56. The van der Waals surface area contributed by atoms with Gasteiger partial charge in [0, 0.05) is 19.1 Å². The fourth-order valence-electron chi connectivity index (χ4n) is 3.06. The summed E-state index contributed by atoms with van der Waals surface area (Å²) in [5, 5.41) is 3.68. The molecule has 120 valence electrons. The Kier molecular flexibility index (Phi) is 8.08. The van der Waals surface area contributed by atoms with Crippen molar-refractivity contribution in [1.29, 1.82) is 0 Å². The largest absolute Gasteiger partial charge is 0.379 e. The first-order valence-electron chi connectivity index (χ1n) is 8.35. The van der Waals surface area contributed by atoms with E-state index in [1.54, 1.807) is 0 Å². The molecule has 1 fully saturated rings. The van der Waals surface area contributed by atoms with Crippen molar-refractivity contribution in [2.24, 2.45) is 11.3 Å². The molecular weight excluding hydrogens is 248 g/mol. The van der Waals surface area contributed by atoms with Crippen LogP contribution < -0.4 is 5.32 Å². The summed E-state index contributed by atoms with van der Waals surface area (Å²) in [4.78, 5) is 2.16. The molecule has 3 heteroatoms. The standard InChI is InChI=1S/C17H36N2O/c1-17(2,3)15-7-6-8-16(10-9-15)18-11-13-20-14-12-19(4)5/h15-16,18H,6-14H2,1-5H3. The van der Waals surface area contributed by atoms with E-state index in [-0.39, 0.29) is 0 Å². The van der Waals surface area contributed by atoms with Crippen LogP contribution in [0.3, 0.4) is 0 Å². The zero-order valence-electron chi connectivity index (χ0n) is 14.4. The molecule has 3 nitrogen and oxygen atoms in total. The van der Waals surface area contributed by atoms with E-state index in [1.807, 2.05) is 0 Å². The van der Waals surface area contributed by atoms with Gasteiger partial charge in [0.1, 0.15) is 0 Å². The summed E-state index contributed by atoms with van der Waals surface area (Å²) in [6, 6.07) is 0.708. The number of ether oxygens (including phenoxy) is 1. The van der Waals surface area contributed by atoms with Crippen LogP contribution in [0.5, 0.6) is 0 Å². The summed E-state index contributed by atoms with van der Waals surface area (Å²) in [6.45, 7) is 10.9. The molecule has 0 heterocycles. The van der Waals surface area contributed by atoms with E-state index in [2.05, 4.69) is 45.1 Å². The molecule has 0 aromatic carbocycles. The average molecular weight is 284 g/mol. The second kappa shape index (κ2) is 9.01. The molecule has 0 amide bonds. The molecule has 0 radical (unpaired) electrons. The van der Waals surface area contributed by atoms with Crippen LogP contribution >= 0.6 is 0 Å². The molecule has 0 spiro atoms. The Morgan fingerprint density at radius 1 is 1.05 bits per heavy atom. The Labute approximate surface area is 126 Å². The van der Waals surface area contributed by atoms with Gasteiger partial charge in [0.05, 0.1) is 13.2 Å². The van der Waals surface area contributed by atoms with E-state index in [0.717, 1.165) is 32.2 Å². The molecule has 2 atom stereocenters. The SMILES string of the molecule is CN(C)CCOCCNC1CCCC(C(C)(C)C)CC1. The third-order valence-corrected chi connectivity index (χ3v) is 4.56. The van der Waals surface area contributed by atoms with E-state index >= 15 is 0 Å². The van der Waals surface area contributed by atoms with Crippen molar-refractivity contribution in [1.82, 2.24) is 10.2 Å². The van der Waals surface area contributed by atoms with Crippen molar-refractivity contribution >= 4 is 0 Å². The van der Waals surface area contributed by atoms with Crippen LogP contribution in [0.4, 0.5) is 0 Å². The summed E-state index contributed by atoms with van der Waals surface area (Å²) < 4.78 is 5.64. The minimum absolute atomic E-state index is 0.476. The lowest BCUT2D eigenvalue weighted by Gasteiger charge is -2.29. The van der Waals surface area contributed by atoms with Crippen molar-refractivity contribution in [2.75, 3.05) is 40.4 Å². The molecule has 1 aliphatic rings. The lowest BCUT2D eigenvalue weighted by atomic mass is 9.76. The van der Waals surface area contributed by atoms with Crippen LogP contribution in [0.15, 0.2) is 0 Å². The first-order valence-corrected chi connectivity index (χ1v) is 8.35. The van der Waals surface area contributed by atoms with Gasteiger partial charge in [-0.1, -0.05) is 27.2 Å². The summed E-state index contributed by atoms with van der Waals surface area (Å²) >= 11 is 0. The predicted molar refractivity (Wildman–Crippen MR) is 87.2 cm³/mol. The summed E-state index contributed by atoms with van der Waals surface area (Å²) in [5.74, 6) is 0.894. The fraction of sp³-hybridized carbons (Fsp3) is 1.00. The Bertz CT molecular complexity index is 248. The van der Waals surface area contributed by atoms with Gasteiger partial charge in [-0.15, -0.1) is 0 Å². The van der Waals surface area contributed by atoms with Gasteiger partial charge >= 0.3 is 0 Å². The Morgan fingerprint density at radius 3 is 2.45 bits per heavy atom. The number of nitrogens with one attached hydrogen (secondary N) is 1. The van der Waals surface area contributed by atoms with Gasteiger partial charge in [-0.25, -0.2) is 0 Å². The summed E-state index contributed by atoms with van der Waals surface area (Å²) in [7, 11) is 4.16. The lowest BCUT2D eigenvalue weighted by molar-refractivity contribution is 0.117. The number of rotatable bonds is 7. The molecule has 1 N–H and O–H groups in total. The molecule has 1 rings (SSSR count). The van der Waals surface area contributed by atoms with Crippen LogP contribution in [0.2, 0.25) is 0 Å². The maximum atomic E-state index is 5.64.